The van der Waals surface area contributed by atoms with Gasteiger partial charge < -0.3 is 4.74 Å². The maximum absolute atomic E-state index is 12.5. The van der Waals surface area contributed by atoms with Crippen LogP contribution in [0.2, 0.25) is 0 Å². The molecule has 0 fully saturated rings. The van der Waals surface area contributed by atoms with Crippen LogP contribution >= 0.6 is 0 Å². The van der Waals surface area contributed by atoms with E-state index >= 15 is 0 Å². The monoisotopic (exact) mass is 434 g/mol. The average Bonchev–Trinajstić information content (AvgIpc) is 2.69. The highest BCUT2D eigenvalue weighted by molar-refractivity contribution is 7.87. The molecule has 7 heteroatoms. The van der Waals surface area contributed by atoms with Crippen LogP contribution in [0.1, 0.15) is 117 Å². The normalized spacial score (nSPS) is 11.7. The van der Waals surface area contributed by atoms with Crippen molar-refractivity contribution >= 4 is 16.3 Å². The Morgan fingerprint density at radius 2 is 1.03 bits per heavy atom. The number of methoxy groups -OCH3 is 1. The Kier molecular flexibility index (Phi) is 18.6. The van der Waals surface area contributed by atoms with Crippen LogP contribution in [0.3, 0.4) is 0 Å². The summed E-state index contributed by atoms with van der Waals surface area (Å²) in [5.41, 5.74) is 0. The Bertz CT molecular complexity index is 463. The minimum atomic E-state index is -3.83. The molecule has 0 rings (SSSR count). The Labute approximate surface area is 180 Å². The second-order valence-electron chi connectivity index (χ2n) is 7.95. The molecule has 0 unspecified atom stereocenters. The fraction of sp³-hybridized carbons (Fsp3) is 0.955. The van der Waals surface area contributed by atoms with Crippen LogP contribution in [0, 0.1) is 0 Å². The summed E-state index contributed by atoms with van der Waals surface area (Å²) >= 11 is 0. The quantitative estimate of drug-likeness (QED) is 0.232. The van der Waals surface area contributed by atoms with Crippen molar-refractivity contribution in [2.45, 2.75) is 117 Å². The Morgan fingerprint density at radius 3 is 1.38 bits per heavy atom. The van der Waals surface area contributed by atoms with Crippen LogP contribution in [0.4, 0.5) is 4.79 Å². The molecule has 0 saturated carbocycles. The van der Waals surface area contributed by atoms with E-state index < -0.39 is 16.3 Å². The van der Waals surface area contributed by atoms with Gasteiger partial charge in [-0.15, -0.1) is 0 Å². The number of nitrogens with one attached hydrogen (secondary N) is 1. The van der Waals surface area contributed by atoms with E-state index in [1.165, 1.54) is 75.6 Å². The zero-order chi connectivity index (χ0) is 21.8. The fourth-order valence-corrected chi connectivity index (χ4v) is 4.57. The largest absolute Gasteiger partial charge is 0.452 e. The third-order valence-corrected chi connectivity index (χ3v) is 6.73. The van der Waals surface area contributed by atoms with Crippen LogP contribution < -0.4 is 4.72 Å². The van der Waals surface area contributed by atoms with E-state index in [2.05, 4.69) is 18.6 Å². The van der Waals surface area contributed by atoms with Gasteiger partial charge >= 0.3 is 16.3 Å². The van der Waals surface area contributed by atoms with Crippen molar-refractivity contribution in [3.63, 3.8) is 0 Å². The van der Waals surface area contributed by atoms with Crippen LogP contribution in [-0.4, -0.2) is 39.0 Å². The van der Waals surface area contributed by atoms with E-state index in [1.54, 1.807) is 0 Å². The lowest BCUT2D eigenvalue weighted by molar-refractivity contribution is 0.177. The van der Waals surface area contributed by atoms with Crippen molar-refractivity contribution in [1.29, 1.82) is 0 Å². The molecule has 0 spiro atoms. The van der Waals surface area contributed by atoms with Gasteiger partial charge in [0.15, 0.2) is 0 Å². The summed E-state index contributed by atoms with van der Waals surface area (Å²) in [4.78, 5) is 11.4. The standard InChI is InChI=1S/C22H46N2O4S/c1-4-6-8-10-12-14-16-18-20-24(29(26,27)23-22(25)28-3)21-19-17-15-13-11-9-7-5-2/h4-21H2,1-3H3,(H,23,25). The molecule has 0 atom stereocenters. The molecule has 0 aliphatic heterocycles. The van der Waals surface area contributed by atoms with Gasteiger partial charge in [-0.2, -0.15) is 12.7 Å². The Hall–Kier alpha value is -0.820. The molecular weight excluding hydrogens is 388 g/mol. The number of rotatable bonds is 20. The van der Waals surface area contributed by atoms with Crippen LogP contribution in [0.15, 0.2) is 0 Å². The van der Waals surface area contributed by atoms with Gasteiger partial charge in [-0.25, -0.2) is 9.52 Å². The molecule has 0 bridgehead atoms. The van der Waals surface area contributed by atoms with Crippen LogP contribution in [-0.2, 0) is 14.9 Å². The zero-order valence-corrected chi connectivity index (χ0v) is 20.0. The zero-order valence-electron chi connectivity index (χ0n) is 19.2. The predicted octanol–water partition coefficient (Wildman–Crippen LogP) is 6.17. The summed E-state index contributed by atoms with van der Waals surface area (Å²) in [5.74, 6) is 0. The molecule has 0 aliphatic rings. The van der Waals surface area contributed by atoms with Crippen molar-refractivity contribution in [3.05, 3.63) is 0 Å². The van der Waals surface area contributed by atoms with Gasteiger partial charge in [0.1, 0.15) is 0 Å². The van der Waals surface area contributed by atoms with Crippen molar-refractivity contribution in [2.75, 3.05) is 20.2 Å². The van der Waals surface area contributed by atoms with Crippen LogP contribution in [0.25, 0.3) is 0 Å². The van der Waals surface area contributed by atoms with Crippen LogP contribution in [0.5, 0.6) is 0 Å². The van der Waals surface area contributed by atoms with Gasteiger partial charge in [0.05, 0.1) is 7.11 Å². The average molecular weight is 435 g/mol. The first-order valence-electron chi connectivity index (χ1n) is 11.8. The lowest BCUT2D eigenvalue weighted by Gasteiger charge is -2.22. The SMILES string of the molecule is CCCCCCCCCCN(CCCCCCCCCC)S(=O)(=O)NC(=O)OC. The van der Waals surface area contributed by atoms with Gasteiger partial charge in [-0.1, -0.05) is 104 Å². The third-order valence-electron chi connectivity index (χ3n) is 5.26. The predicted molar refractivity (Wildman–Crippen MR) is 121 cm³/mol. The summed E-state index contributed by atoms with van der Waals surface area (Å²) in [5, 5.41) is 0. The van der Waals surface area contributed by atoms with Gasteiger partial charge in [0, 0.05) is 13.1 Å². The number of unbranched alkanes of at least 4 members (excludes halogenated alkanes) is 14. The van der Waals surface area contributed by atoms with E-state index in [0.29, 0.717) is 13.1 Å². The molecule has 0 aromatic rings. The van der Waals surface area contributed by atoms with Gasteiger partial charge in [0.25, 0.3) is 0 Å². The molecule has 1 amide bonds. The van der Waals surface area contributed by atoms with E-state index in [-0.39, 0.29) is 0 Å². The number of carbonyl (C=O) groups excluding carboxylic acids is 1. The summed E-state index contributed by atoms with van der Waals surface area (Å²) in [7, 11) is -2.66. The second-order valence-corrected chi connectivity index (χ2v) is 9.62. The molecule has 29 heavy (non-hydrogen) atoms. The van der Waals surface area contributed by atoms with E-state index in [1.807, 2.05) is 4.72 Å². The second kappa shape index (κ2) is 19.2. The molecule has 0 aliphatic carbocycles. The summed E-state index contributed by atoms with van der Waals surface area (Å²) in [6.07, 6.45) is 17.7. The van der Waals surface area contributed by atoms with E-state index in [0.717, 1.165) is 38.5 Å². The highest BCUT2D eigenvalue weighted by atomic mass is 32.2. The third kappa shape index (κ3) is 16.6. The summed E-state index contributed by atoms with van der Waals surface area (Å²) < 4.78 is 32.8. The Morgan fingerprint density at radius 1 is 0.690 bits per heavy atom. The topological polar surface area (TPSA) is 75.7 Å². The van der Waals surface area contributed by atoms with Crippen molar-refractivity contribution in [1.82, 2.24) is 9.03 Å². The highest BCUT2D eigenvalue weighted by Crippen LogP contribution is 2.12. The Balaban J connectivity index is 4.25. The van der Waals surface area contributed by atoms with Crippen molar-refractivity contribution in [3.8, 4) is 0 Å². The molecule has 1 N–H and O–H groups in total. The van der Waals surface area contributed by atoms with Gasteiger partial charge in [-0.3, -0.25) is 0 Å². The molecule has 0 heterocycles. The minimum Gasteiger partial charge on any atom is -0.452 e. The lowest BCUT2D eigenvalue weighted by atomic mass is 10.1. The maximum atomic E-state index is 12.5. The molecule has 0 aromatic carbocycles. The highest BCUT2D eigenvalue weighted by Gasteiger charge is 2.23. The van der Waals surface area contributed by atoms with Crippen molar-refractivity contribution < 1.29 is 17.9 Å². The first-order valence-corrected chi connectivity index (χ1v) is 13.3. The first-order chi connectivity index (χ1) is 14.0. The molecule has 174 valence electrons. The number of hydrogen-bond acceptors (Lipinski definition) is 4. The van der Waals surface area contributed by atoms with Crippen molar-refractivity contribution in [2.24, 2.45) is 0 Å². The number of ether oxygens (including phenoxy) is 1. The van der Waals surface area contributed by atoms with Gasteiger partial charge in [-0.05, 0) is 12.8 Å². The smallest absolute Gasteiger partial charge is 0.421 e. The number of nitrogens with zero attached hydrogens (tertiary/aromatic N) is 1. The molecule has 0 aromatic heterocycles. The van der Waals surface area contributed by atoms with E-state index in [4.69, 9.17) is 0 Å². The van der Waals surface area contributed by atoms with Gasteiger partial charge in [0.2, 0.25) is 0 Å². The molecule has 0 radical (unpaired) electrons. The molecule has 0 saturated heterocycles. The fourth-order valence-electron chi connectivity index (χ4n) is 3.41. The number of carbonyl (C=O) groups is 1. The minimum absolute atomic E-state index is 0.456. The number of amides is 1. The number of hydrogen-bond donors (Lipinski definition) is 1. The van der Waals surface area contributed by atoms with E-state index in [9.17, 15) is 13.2 Å². The first kappa shape index (κ1) is 28.2. The summed E-state index contributed by atoms with van der Waals surface area (Å²) in [6, 6.07) is 0. The lowest BCUT2D eigenvalue weighted by Crippen LogP contribution is -2.44. The molecule has 6 nitrogen and oxygen atoms in total. The molecular formula is C22H46N2O4S. The summed E-state index contributed by atoms with van der Waals surface area (Å²) in [6.45, 7) is 5.34. The maximum Gasteiger partial charge on any atom is 0.421 e.